The molecule has 1 fully saturated rings. The minimum atomic E-state index is -0.0850. The van der Waals surface area contributed by atoms with Gasteiger partial charge in [0, 0.05) is 18.3 Å². The first-order valence-electron chi connectivity index (χ1n) is 6.32. The van der Waals surface area contributed by atoms with Gasteiger partial charge in [-0.05, 0) is 35.4 Å². The van der Waals surface area contributed by atoms with Crippen molar-refractivity contribution >= 4 is 22.6 Å². The summed E-state index contributed by atoms with van der Waals surface area (Å²) in [6.07, 6.45) is 9.49. The molecular weight excluding hydrogens is 355 g/mol. The highest BCUT2D eigenvalue weighted by Gasteiger charge is 2.23. The highest BCUT2D eigenvalue weighted by atomic mass is 127. The van der Waals surface area contributed by atoms with Crippen molar-refractivity contribution in [2.45, 2.75) is 31.6 Å². The first kappa shape index (κ1) is 12.7. The Labute approximate surface area is 124 Å². The zero-order chi connectivity index (χ0) is 13.2. The molecule has 6 heteroatoms. The average molecular weight is 368 g/mol. The highest BCUT2D eigenvalue weighted by molar-refractivity contribution is 14.1. The van der Waals surface area contributed by atoms with Crippen LogP contribution in [-0.2, 0) is 0 Å². The molecule has 1 aliphatic rings. The number of hydrogen-bond donors (Lipinski definition) is 1. The Bertz CT molecular complexity index is 635. The molecule has 98 valence electrons. The molecular formula is C13H13IN4O. The first-order chi connectivity index (χ1) is 9.25. The second-order valence-corrected chi connectivity index (χ2v) is 5.76. The molecule has 1 saturated carbocycles. The van der Waals surface area contributed by atoms with Crippen LogP contribution in [0.4, 0.5) is 0 Å². The maximum absolute atomic E-state index is 12.0. The molecule has 1 aliphatic carbocycles. The van der Waals surface area contributed by atoms with Crippen molar-refractivity contribution in [3.8, 4) is 11.5 Å². The number of H-pyrrole nitrogens is 1. The predicted molar refractivity (Wildman–Crippen MR) is 79.8 cm³/mol. The van der Waals surface area contributed by atoms with Gasteiger partial charge in [-0.25, -0.2) is 9.97 Å². The minimum Gasteiger partial charge on any atom is -0.304 e. The second-order valence-electron chi connectivity index (χ2n) is 4.69. The Morgan fingerprint density at radius 2 is 2.05 bits per heavy atom. The molecule has 0 amide bonds. The van der Waals surface area contributed by atoms with Crippen LogP contribution >= 0.6 is 22.6 Å². The summed E-state index contributed by atoms with van der Waals surface area (Å²) in [5.41, 5.74) is 1.44. The van der Waals surface area contributed by atoms with Gasteiger partial charge in [0.05, 0.1) is 11.9 Å². The third kappa shape index (κ3) is 2.54. The van der Waals surface area contributed by atoms with Crippen LogP contribution < -0.4 is 5.56 Å². The maximum atomic E-state index is 12.0. The average Bonchev–Trinajstić information content (AvgIpc) is 2.96. The van der Waals surface area contributed by atoms with E-state index in [0.717, 1.165) is 18.5 Å². The van der Waals surface area contributed by atoms with Crippen molar-refractivity contribution in [2.24, 2.45) is 0 Å². The zero-order valence-corrected chi connectivity index (χ0v) is 12.4. The van der Waals surface area contributed by atoms with Crippen molar-refractivity contribution in [3.63, 3.8) is 0 Å². The summed E-state index contributed by atoms with van der Waals surface area (Å²) in [5, 5.41) is 0. The van der Waals surface area contributed by atoms with Crippen molar-refractivity contribution in [1.82, 2.24) is 19.9 Å². The van der Waals surface area contributed by atoms with E-state index in [1.54, 1.807) is 18.6 Å². The van der Waals surface area contributed by atoms with Crippen LogP contribution in [0.2, 0.25) is 0 Å². The van der Waals surface area contributed by atoms with E-state index in [-0.39, 0.29) is 5.56 Å². The summed E-state index contributed by atoms with van der Waals surface area (Å²) in [4.78, 5) is 27.6. The molecule has 5 nitrogen and oxygen atoms in total. The van der Waals surface area contributed by atoms with Crippen LogP contribution in [0, 0.1) is 3.57 Å². The summed E-state index contributed by atoms with van der Waals surface area (Å²) in [6, 6.07) is 0. The van der Waals surface area contributed by atoms with Crippen LogP contribution in [0.3, 0.4) is 0 Å². The molecule has 3 rings (SSSR count). The molecule has 0 atom stereocenters. The van der Waals surface area contributed by atoms with Crippen molar-refractivity contribution in [1.29, 1.82) is 0 Å². The molecule has 0 saturated heterocycles. The van der Waals surface area contributed by atoms with Crippen molar-refractivity contribution in [3.05, 3.63) is 38.2 Å². The molecule has 0 spiro atoms. The number of aromatic nitrogens is 4. The Hall–Kier alpha value is -1.31. The van der Waals surface area contributed by atoms with Gasteiger partial charge >= 0.3 is 0 Å². The van der Waals surface area contributed by atoms with E-state index < -0.39 is 0 Å². The van der Waals surface area contributed by atoms with Gasteiger partial charge in [0.25, 0.3) is 5.56 Å². The molecule has 0 unspecified atom stereocenters. The van der Waals surface area contributed by atoms with Crippen LogP contribution in [0.1, 0.15) is 37.3 Å². The minimum absolute atomic E-state index is 0.0850. The summed E-state index contributed by atoms with van der Waals surface area (Å²) in [6.45, 7) is 0. The van der Waals surface area contributed by atoms with Crippen LogP contribution in [-0.4, -0.2) is 19.9 Å². The van der Waals surface area contributed by atoms with E-state index in [9.17, 15) is 4.79 Å². The largest absolute Gasteiger partial charge is 0.304 e. The van der Waals surface area contributed by atoms with E-state index in [1.165, 1.54) is 12.8 Å². The van der Waals surface area contributed by atoms with Gasteiger partial charge in [0.15, 0.2) is 5.82 Å². The Kier molecular flexibility index (Phi) is 3.58. The summed E-state index contributed by atoms with van der Waals surface area (Å²) < 4.78 is 0.706. The highest BCUT2D eigenvalue weighted by Crippen LogP contribution is 2.34. The van der Waals surface area contributed by atoms with Gasteiger partial charge < -0.3 is 4.98 Å². The van der Waals surface area contributed by atoms with E-state index in [4.69, 9.17) is 0 Å². The number of rotatable bonds is 2. The van der Waals surface area contributed by atoms with E-state index in [1.807, 2.05) is 0 Å². The van der Waals surface area contributed by atoms with Crippen LogP contribution in [0.25, 0.3) is 11.5 Å². The van der Waals surface area contributed by atoms with Gasteiger partial charge in [-0.15, -0.1) is 0 Å². The quantitative estimate of drug-likeness (QED) is 0.827. The molecule has 19 heavy (non-hydrogen) atoms. The Balaban J connectivity index is 2.10. The van der Waals surface area contributed by atoms with Gasteiger partial charge in [-0.2, -0.15) is 0 Å². The normalized spacial score (nSPS) is 15.8. The molecule has 2 aromatic heterocycles. The first-order valence-corrected chi connectivity index (χ1v) is 7.39. The monoisotopic (exact) mass is 368 g/mol. The number of nitrogens with zero attached hydrogens (tertiary/aromatic N) is 3. The lowest BCUT2D eigenvalue weighted by atomic mass is 10.0. The molecule has 0 bridgehead atoms. The molecule has 2 heterocycles. The molecule has 1 N–H and O–H groups in total. The van der Waals surface area contributed by atoms with Gasteiger partial charge in [0.2, 0.25) is 0 Å². The molecule has 0 aliphatic heterocycles. The van der Waals surface area contributed by atoms with E-state index >= 15 is 0 Å². The van der Waals surface area contributed by atoms with E-state index in [2.05, 4.69) is 42.5 Å². The maximum Gasteiger partial charge on any atom is 0.264 e. The lowest BCUT2D eigenvalue weighted by molar-refractivity contribution is 0.687. The standard InChI is InChI=1S/C13H13IN4O/c14-10-11(8-3-1-2-4-8)17-12(18-13(10)19)9-7-15-5-6-16-9/h5-8H,1-4H2,(H,17,18,19). The number of nitrogens with one attached hydrogen (secondary N) is 1. The fourth-order valence-corrected chi connectivity index (χ4v) is 3.18. The molecule has 0 aromatic carbocycles. The topological polar surface area (TPSA) is 71.5 Å². The summed E-state index contributed by atoms with van der Waals surface area (Å²) in [7, 11) is 0. The SMILES string of the molecule is O=c1[nH]c(-c2cnccn2)nc(C2CCCC2)c1I. The molecule has 0 radical (unpaired) electrons. The van der Waals surface area contributed by atoms with Crippen molar-refractivity contribution < 1.29 is 0 Å². The second kappa shape index (κ2) is 5.36. The van der Waals surface area contributed by atoms with Gasteiger partial charge in [-0.3, -0.25) is 9.78 Å². The van der Waals surface area contributed by atoms with Crippen molar-refractivity contribution in [2.75, 3.05) is 0 Å². The predicted octanol–water partition coefficient (Wildman–Crippen LogP) is 2.49. The summed E-state index contributed by atoms with van der Waals surface area (Å²) in [5.74, 6) is 0.921. The van der Waals surface area contributed by atoms with Gasteiger partial charge in [-0.1, -0.05) is 12.8 Å². The van der Waals surface area contributed by atoms with E-state index in [0.29, 0.717) is 21.0 Å². The number of aromatic amines is 1. The zero-order valence-electron chi connectivity index (χ0n) is 10.3. The lowest BCUT2D eigenvalue weighted by Crippen LogP contribution is -2.18. The van der Waals surface area contributed by atoms with Crippen LogP contribution in [0.15, 0.2) is 23.4 Å². The van der Waals surface area contributed by atoms with Crippen LogP contribution in [0.5, 0.6) is 0 Å². The third-order valence-corrected chi connectivity index (χ3v) is 4.48. The Morgan fingerprint density at radius 3 is 2.74 bits per heavy atom. The number of hydrogen-bond acceptors (Lipinski definition) is 4. The fraction of sp³-hybridized carbons (Fsp3) is 0.385. The number of halogens is 1. The Morgan fingerprint density at radius 1 is 1.26 bits per heavy atom. The lowest BCUT2D eigenvalue weighted by Gasteiger charge is -2.11. The fourth-order valence-electron chi connectivity index (χ4n) is 2.49. The molecule has 2 aromatic rings. The van der Waals surface area contributed by atoms with Gasteiger partial charge in [0.1, 0.15) is 9.26 Å². The summed E-state index contributed by atoms with van der Waals surface area (Å²) >= 11 is 2.09. The third-order valence-electron chi connectivity index (χ3n) is 3.44. The smallest absolute Gasteiger partial charge is 0.264 e.